The molecule has 0 aliphatic rings. The van der Waals surface area contributed by atoms with Crippen molar-refractivity contribution < 1.29 is 15.0 Å². The minimum absolute atomic E-state index is 0.0608. The standard InChI is InChI=1S/C71H127NO3/c1-3-5-7-9-11-13-15-17-19-21-23-25-27-28-29-30-31-32-33-34-35-36-37-38-39-40-41-42-43-44-45-47-49-51-53-55-57-59-61-63-65-67-71(75)72-69(68-73)70(74)66-64-62-60-58-56-54-52-50-48-46-26-24-22-20-18-16-14-12-10-8-6-4-2/h5,7,11,13,17,19,23,25,28-29,31-32,34-35,64,66,69-70,73-74H,3-4,6,8-10,12,14-16,18,20-22,24,26-27,30,33,36-63,65,67-68H2,1-2H3,(H,72,75)/b7-5-,13-11-,19-17-,25-23-,29-28-,32-31-,35-34-,66-64+. The van der Waals surface area contributed by atoms with Gasteiger partial charge in [-0.25, -0.2) is 0 Å². The van der Waals surface area contributed by atoms with Gasteiger partial charge in [-0.1, -0.05) is 342 Å². The molecule has 434 valence electrons. The van der Waals surface area contributed by atoms with Gasteiger partial charge in [0.1, 0.15) is 0 Å². The van der Waals surface area contributed by atoms with Crippen molar-refractivity contribution in [1.82, 2.24) is 5.32 Å². The molecule has 1 amide bonds. The molecule has 0 saturated heterocycles. The number of allylic oxidation sites excluding steroid dienone is 15. The monoisotopic (exact) mass is 1040 g/mol. The molecule has 3 N–H and O–H groups in total. The summed E-state index contributed by atoms with van der Waals surface area (Å²) in [6.07, 6.45) is 97.5. The molecule has 0 rings (SSSR count). The number of rotatable bonds is 60. The number of nitrogens with one attached hydrogen (secondary N) is 1. The molecule has 2 atom stereocenters. The molecule has 75 heavy (non-hydrogen) atoms. The van der Waals surface area contributed by atoms with Gasteiger partial charge in [0.05, 0.1) is 18.8 Å². The van der Waals surface area contributed by atoms with E-state index in [1.54, 1.807) is 6.08 Å². The molecule has 0 aromatic rings. The van der Waals surface area contributed by atoms with Crippen molar-refractivity contribution in [2.24, 2.45) is 0 Å². The van der Waals surface area contributed by atoms with Crippen LogP contribution in [0, 0.1) is 0 Å². The Labute approximate surface area is 468 Å². The van der Waals surface area contributed by atoms with Crippen molar-refractivity contribution >= 4 is 5.91 Å². The van der Waals surface area contributed by atoms with Crippen molar-refractivity contribution in [1.29, 1.82) is 0 Å². The summed E-state index contributed by atoms with van der Waals surface area (Å²) in [6, 6.07) is -0.626. The molecule has 0 spiro atoms. The summed E-state index contributed by atoms with van der Waals surface area (Å²) in [6.45, 7) is 4.22. The van der Waals surface area contributed by atoms with Crippen molar-refractivity contribution in [2.75, 3.05) is 6.61 Å². The number of hydrogen-bond donors (Lipinski definition) is 3. The van der Waals surface area contributed by atoms with E-state index in [0.717, 1.165) is 70.6 Å². The van der Waals surface area contributed by atoms with Crippen LogP contribution in [0.3, 0.4) is 0 Å². The van der Waals surface area contributed by atoms with E-state index >= 15 is 0 Å². The average molecular weight is 1040 g/mol. The maximum absolute atomic E-state index is 12.5. The third kappa shape index (κ3) is 62.0. The maximum Gasteiger partial charge on any atom is 0.220 e. The molecule has 0 bridgehead atoms. The summed E-state index contributed by atoms with van der Waals surface area (Å²) in [5.74, 6) is -0.0608. The zero-order valence-electron chi connectivity index (χ0n) is 50.1. The van der Waals surface area contributed by atoms with Crippen molar-refractivity contribution in [3.63, 3.8) is 0 Å². The van der Waals surface area contributed by atoms with E-state index in [9.17, 15) is 15.0 Å². The predicted molar refractivity (Wildman–Crippen MR) is 336 cm³/mol. The van der Waals surface area contributed by atoms with Gasteiger partial charge in [-0.2, -0.15) is 0 Å². The summed E-state index contributed by atoms with van der Waals surface area (Å²) in [4.78, 5) is 12.5. The lowest BCUT2D eigenvalue weighted by atomic mass is 10.0. The average Bonchev–Trinajstić information content (AvgIpc) is 3.41. The maximum atomic E-state index is 12.5. The molecule has 0 radical (unpaired) electrons. The summed E-state index contributed by atoms with van der Waals surface area (Å²) in [5, 5.41) is 23.3. The second kappa shape index (κ2) is 65.6. The normalized spacial score (nSPS) is 13.4. The second-order valence-electron chi connectivity index (χ2n) is 22.2. The Morgan fingerprint density at radius 3 is 0.880 bits per heavy atom. The minimum atomic E-state index is -0.843. The largest absolute Gasteiger partial charge is 0.394 e. The van der Waals surface area contributed by atoms with Crippen LogP contribution in [0.2, 0.25) is 0 Å². The number of aliphatic hydroxyl groups is 2. The van der Waals surface area contributed by atoms with Gasteiger partial charge in [-0.15, -0.1) is 0 Å². The van der Waals surface area contributed by atoms with Crippen LogP contribution in [0.25, 0.3) is 0 Å². The van der Waals surface area contributed by atoms with Gasteiger partial charge < -0.3 is 15.5 Å². The van der Waals surface area contributed by atoms with E-state index in [-0.39, 0.29) is 12.5 Å². The third-order valence-electron chi connectivity index (χ3n) is 14.8. The van der Waals surface area contributed by atoms with Crippen LogP contribution in [-0.4, -0.2) is 34.9 Å². The molecule has 0 aliphatic heterocycles. The van der Waals surface area contributed by atoms with Gasteiger partial charge in [0.15, 0.2) is 0 Å². The second-order valence-corrected chi connectivity index (χ2v) is 22.2. The van der Waals surface area contributed by atoms with Gasteiger partial charge >= 0.3 is 0 Å². The Bertz CT molecular complexity index is 1370. The zero-order valence-corrected chi connectivity index (χ0v) is 50.1. The molecule has 2 unspecified atom stereocenters. The zero-order chi connectivity index (χ0) is 54.1. The molecular weight excluding hydrogens is 915 g/mol. The lowest BCUT2D eigenvalue weighted by Crippen LogP contribution is -2.45. The number of carbonyl (C=O) groups is 1. The fraction of sp³-hybridized carbons (Fsp3) is 0.761. The highest BCUT2D eigenvalue weighted by Gasteiger charge is 2.18. The summed E-state index contributed by atoms with van der Waals surface area (Å²) >= 11 is 0. The molecular formula is C71H127NO3. The Kier molecular flexibility index (Phi) is 63.2. The van der Waals surface area contributed by atoms with E-state index < -0.39 is 12.1 Å². The molecule has 4 heteroatoms. The van der Waals surface area contributed by atoms with E-state index in [1.165, 1.54) is 238 Å². The SMILES string of the molecule is CC/C=C\C/C=C\C/C=C\C/C=C\C/C=C\C/C=C\C/C=C\CCCCCCCCCCCCCCCCCCCCCC(=O)NC(CO)C(O)/C=C/CCCCCCCCCCCCCCCCCCCCCC. The summed E-state index contributed by atoms with van der Waals surface area (Å²) in [5.41, 5.74) is 0. The topological polar surface area (TPSA) is 69.6 Å². The quantitative estimate of drug-likeness (QED) is 0.0420. The van der Waals surface area contributed by atoms with Gasteiger partial charge in [-0.05, 0) is 77.0 Å². The molecule has 0 fully saturated rings. The Morgan fingerprint density at radius 1 is 0.333 bits per heavy atom. The molecule has 4 nitrogen and oxygen atoms in total. The minimum Gasteiger partial charge on any atom is -0.394 e. The molecule has 0 saturated carbocycles. The Morgan fingerprint density at radius 2 is 0.587 bits per heavy atom. The van der Waals surface area contributed by atoms with Gasteiger partial charge in [0.25, 0.3) is 0 Å². The number of unbranched alkanes of at least 4 members (excludes halogenated alkanes) is 39. The van der Waals surface area contributed by atoms with E-state index in [2.05, 4.69) is 104 Å². The Hall–Kier alpha value is -2.69. The van der Waals surface area contributed by atoms with Crippen molar-refractivity contribution in [3.05, 3.63) is 97.2 Å². The number of hydrogen-bond acceptors (Lipinski definition) is 3. The van der Waals surface area contributed by atoms with Crippen LogP contribution >= 0.6 is 0 Å². The van der Waals surface area contributed by atoms with Crippen LogP contribution in [0.4, 0.5) is 0 Å². The summed E-state index contributed by atoms with van der Waals surface area (Å²) < 4.78 is 0. The number of amides is 1. The molecule has 0 heterocycles. The first-order chi connectivity index (χ1) is 37.2. The molecule has 0 aromatic heterocycles. The van der Waals surface area contributed by atoms with Crippen LogP contribution in [-0.2, 0) is 4.79 Å². The number of carbonyl (C=O) groups excluding carboxylic acids is 1. The highest BCUT2D eigenvalue weighted by atomic mass is 16.3. The smallest absolute Gasteiger partial charge is 0.220 e. The van der Waals surface area contributed by atoms with Gasteiger partial charge in [0, 0.05) is 6.42 Å². The van der Waals surface area contributed by atoms with Crippen LogP contribution in [0.5, 0.6) is 0 Å². The summed E-state index contributed by atoms with van der Waals surface area (Å²) in [7, 11) is 0. The third-order valence-corrected chi connectivity index (χ3v) is 14.8. The van der Waals surface area contributed by atoms with Crippen molar-refractivity contribution in [3.8, 4) is 0 Å². The first kappa shape index (κ1) is 72.3. The first-order valence-corrected chi connectivity index (χ1v) is 33.0. The van der Waals surface area contributed by atoms with Crippen LogP contribution in [0.15, 0.2) is 97.2 Å². The van der Waals surface area contributed by atoms with E-state index in [1.807, 2.05) is 6.08 Å². The van der Waals surface area contributed by atoms with Crippen molar-refractivity contribution in [2.45, 2.75) is 341 Å². The van der Waals surface area contributed by atoms with E-state index in [4.69, 9.17) is 0 Å². The highest BCUT2D eigenvalue weighted by molar-refractivity contribution is 5.76. The lowest BCUT2D eigenvalue weighted by Gasteiger charge is -2.20. The fourth-order valence-corrected chi connectivity index (χ4v) is 9.87. The Balaban J connectivity index is 3.47. The molecule has 0 aliphatic carbocycles. The van der Waals surface area contributed by atoms with Gasteiger partial charge in [-0.3, -0.25) is 4.79 Å². The van der Waals surface area contributed by atoms with Gasteiger partial charge in [0.2, 0.25) is 5.91 Å². The molecule has 0 aromatic carbocycles. The fourth-order valence-electron chi connectivity index (χ4n) is 9.87. The predicted octanol–water partition coefficient (Wildman–Crippen LogP) is 22.4. The van der Waals surface area contributed by atoms with E-state index in [0.29, 0.717) is 6.42 Å². The lowest BCUT2D eigenvalue weighted by molar-refractivity contribution is -0.123. The van der Waals surface area contributed by atoms with Crippen LogP contribution in [0.1, 0.15) is 328 Å². The van der Waals surface area contributed by atoms with Crippen LogP contribution < -0.4 is 5.32 Å². The first-order valence-electron chi connectivity index (χ1n) is 33.0. The number of aliphatic hydroxyl groups excluding tert-OH is 2. The highest BCUT2D eigenvalue weighted by Crippen LogP contribution is 2.18.